The van der Waals surface area contributed by atoms with E-state index in [1.807, 2.05) is 0 Å². The van der Waals surface area contributed by atoms with E-state index in [2.05, 4.69) is 4.90 Å². The first kappa shape index (κ1) is 21.0. The average molecular weight is 372 g/mol. The van der Waals surface area contributed by atoms with Crippen molar-refractivity contribution in [3.63, 3.8) is 0 Å². The monoisotopic (exact) mass is 371 g/mol. The van der Waals surface area contributed by atoms with Gasteiger partial charge in [0.15, 0.2) is 0 Å². The van der Waals surface area contributed by atoms with Crippen LogP contribution in [0.4, 0.5) is 0 Å². The third kappa shape index (κ3) is 8.30. The smallest absolute Gasteiger partial charge is 0.305 e. The number of piperidine rings is 2. The summed E-state index contributed by atoms with van der Waals surface area (Å²) in [6.07, 6.45) is 16.8. The third-order valence-electron chi connectivity index (χ3n) is 5.95. The van der Waals surface area contributed by atoms with Crippen LogP contribution in [0.5, 0.6) is 0 Å². The van der Waals surface area contributed by atoms with E-state index in [0.717, 1.165) is 25.1 Å². The van der Waals surface area contributed by atoms with Gasteiger partial charge in [-0.2, -0.15) is 0 Å². The fourth-order valence-corrected chi connectivity index (χ4v) is 4.66. The Kier molecular flexibility index (Phi) is 10.9. The summed E-state index contributed by atoms with van der Waals surface area (Å²) < 4.78 is 5.62. The van der Waals surface area contributed by atoms with Gasteiger partial charge < -0.3 is 4.74 Å². The lowest BCUT2D eigenvalue weighted by Gasteiger charge is -2.44. The molecule has 0 spiro atoms. The average Bonchev–Trinajstić information content (AvgIpc) is 2.65. The van der Waals surface area contributed by atoms with Crippen LogP contribution in [0.25, 0.3) is 0 Å². The molecule has 3 nitrogen and oxygen atoms in total. The number of carbonyl (C=O) groups excluding carboxylic acids is 1. The number of esters is 1. The Morgan fingerprint density at radius 1 is 0.880 bits per heavy atom. The van der Waals surface area contributed by atoms with Crippen molar-refractivity contribution in [2.75, 3.05) is 25.6 Å². The van der Waals surface area contributed by atoms with Gasteiger partial charge in [0.1, 0.15) is 0 Å². The second-order valence-corrected chi connectivity index (χ2v) is 8.33. The summed E-state index contributed by atoms with van der Waals surface area (Å²) in [6.45, 7) is 3.16. The quantitative estimate of drug-likeness (QED) is 0.256. The Morgan fingerprint density at radius 2 is 1.56 bits per heavy atom. The SMILES string of the molecule is O=C(CCCCCCCCCCCl)OCC1CCCN2CCCCC12. The lowest BCUT2D eigenvalue weighted by Crippen LogP contribution is -2.49. The molecule has 25 heavy (non-hydrogen) atoms. The van der Waals surface area contributed by atoms with E-state index in [4.69, 9.17) is 16.3 Å². The van der Waals surface area contributed by atoms with E-state index >= 15 is 0 Å². The minimum atomic E-state index is 0.0232. The molecule has 0 aromatic rings. The van der Waals surface area contributed by atoms with Gasteiger partial charge in [-0.15, -0.1) is 11.6 Å². The zero-order valence-corrected chi connectivity index (χ0v) is 16.8. The number of rotatable bonds is 12. The van der Waals surface area contributed by atoms with Crippen LogP contribution in [0.1, 0.15) is 89.9 Å². The molecule has 0 bridgehead atoms. The summed E-state index contributed by atoms with van der Waals surface area (Å²) in [5, 5.41) is 0. The molecule has 146 valence electrons. The number of halogens is 1. The molecule has 2 saturated heterocycles. The normalized spacial score (nSPS) is 24.0. The van der Waals surface area contributed by atoms with Crippen molar-refractivity contribution < 1.29 is 9.53 Å². The van der Waals surface area contributed by atoms with E-state index in [-0.39, 0.29) is 5.97 Å². The molecule has 4 heteroatoms. The molecule has 2 atom stereocenters. The number of hydrogen-bond acceptors (Lipinski definition) is 3. The first-order valence-electron chi connectivity index (χ1n) is 10.8. The van der Waals surface area contributed by atoms with Crippen molar-refractivity contribution in [1.29, 1.82) is 0 Å². The van der Waals surface area contributed by atoms with E-state index in [1.165, 1.54) is 77.3 Å². The second-order valence-electron chi connectivity index (χ2n) is 7.95. The third-order valence-corrected chi connectivity index (χ3v) is 6.22. The van der Waals surface area contributed by atoms with Crippen molar-refractivity contribution in [3.05, 3.63) is 0 Å². The molecule has 0 aromatic carbocycles. The number of hydrogen-bond donors (Lipinski definition) is 0. The van der Waals surface area contributed by atoms with Gasteiger partial charge in [0, 0.05) is 24.3 Å². The Labute approximate surface area is 159 Å². The summed E-state index contributed by atoms with van der Waals surface area (Å²) in [5.41, 5.74) is 0. The van der Waals surface area contributed by atoms with Gasteiger partial charge in [-0.1, -0.05) is 44.9 Å². The lowest BCUT2D eigenvalue weighted by atomic mass is 9.84. The van der Waals surface area contributed by atoms with Gasteiger partial charge in [0.25, 0.3) is 0 Å². The molecule has 2 aliphatic rings. The molecule has 2 unspecified atom stereocenters. The maximum absolute atomic E-state index is 12.0. The molecule has 0 aromatic heterocycles. The number of ether oxygens (including phenoxy) is 1. The highest BCUT2D eigenvalue weighted by atomic mass is 35.5. The molecular formula is C21H38ClNO2. The van der Waals surface area contributed by atoms with Crippen molar-refractivity contribution in [2.24, 2.45) is 5.92 Å². The van der Waals surface area contributed by atoms with Crippen LogP contribution in [0.2, 0.25) is 0 Å². The topological polar surface area (TPSA) is 29.5 Å². The van der Waals surface area contributed by atoms with Crippen molar-refractivity contribution >= 4 is 17.6 Å². The fraction of sp³-hybridized carbons (Fsp3) is 0.952. The van der Waals surface area contributed by atoms with Crippen LogP contribution in [0, 0.1) is 5.92 Å². The molecule has 0 amide bonds. The molecular weight excluding hydrogens is 334 g/mol. The maximum Gasteiger partial charge on any atom is 0.305 e. The Morgan fingerprint density at radius 3 is 2.32 bits per heavy atom. The summed E-state index contributed by atoms with van der Waals surface area (Å²) in [7, 11) is 0. The van der Waals surface area contributed by atoms with E-state index in [9.17, 15) is 4.79 Å². The number of carbonyl (C=O) groups is 1. The molecule has 0 N–H and O–H groups in total. The minimum Gasteiger partial charge on any atom is -0.465 e. The van der Waals surface area contributed by atoms with Crippen LogP contribution in [0.15, 0.2) is 0 Å². The van der Waals surface area contributed by atoms with Crippen molar-refractivity contribution in [1.82, 2.24) is 4.90 Å². The number of alkyl halides is 1. The van der Waals surface area contributed by atoms with Gasteiger partial charge in [0.05, 0.1) is 6.61 Å². The van der Waals surface area contributed by atoms with Crippen LogP contribution in [-0.2, 0) is 9.53 Å². The van der Waals surface area contributed by atoms with Crippen LogP contribution in [0.3, 0.4) is 0 Å². The predicted molar refractivity (Wildman–Crippen MR) is 105 cm³/mol. The number of nitrogens with zero attached hydrogens (tertiary/aromatic N) is 1. The maximum atomic E-state index is 12.0. The van der Waals surface area contributed by atoms with Crippen molar-refractivity contribution in [3.8, 4) is 0 Å². The molecule has 2 aliphatic heterocycles. The zero-order valence-electron chi connectivity index (χ0n) is 16.0. The molecule has 0 saturated carbocycles. The summed E-state index contributed by atoms with van der Waals surface area (Å²) >= 11 is 5.68. The van der Waals surface area contributed by atoms with Crippen LogP contribution in [-0.4, -0.2) is 42.5 Å². The van der Waals surface area contributed by atoms with Crippen molar-refractivity contribution in [2.45, 2.75) is 95.9 Å². The Bertz CT molecular complexity index is 362. The van der Waals surface area contributed by atoms with Gasteiger partial charge in [-0.25, -0.2) is 0 Å². The molecule has 2 fully saturated rings. The number of fused-ring (bicyclic) bond motifs is 1. The first-order chi connectivity index (χ1) is 12.3. The number of unbranched alkanes of at least 4 members (excludes halogenated alkanes) is 7. The van der Waals surface area contributed by atoms with E-state index < -0.39 is 0 Å². The summed E-state index contributed by atoms with van der Waals surface area (Å²) in [5.74, 6) is 1.39. The zero-order chi connectivity index (χ0) is 17.7. The van der Waals surface area contributed by atoms with E-state index in [0.29, 0.717) is 25.0 Å². The van der Waals surface area contributed by atoms with E-state index in [1.54, 1.807) is 0 Å². The Hall–Kier alpha value is -0.280. The second kappa shape index (κ2) is 13.0. The van der Waals surface area contributed by atoms with Crippen LogP contribution >= 0.6 is 11.6 Å². The fourth-order valence-electron chi connectivity index (χ4n) is 4.47. The minimum absolute atomic E-state index is 0.0232. The Balaban J connectivity index is 1.47. The highest BCUT2D eigenvalue weighted by Crippen LogP contribution is 2.31. The first-order valence-corrected chi connectivity index (χ1v) is 11.3. The largest absolute Gasteiger partial charge is 0.465 e. The van der Waals surface area contributed by atoms with Gasteiger partial charge in [-0.3, -0.25) is 9.69 Å². The van der Waals surface area contributed by atoms with Crippen LogP contribution < -0.4 is 0 Å². The van der Waals surface area contributed by atoms with Gasteiger partial charge in [-0.05, 0) is 51.6 Å². The molecule has 2 heterocycles. The lowest BCUT2D eigenvalue weighted by molar-refractivity contribution is -0.146. The summed E-state index contributed by atoms with van der Waals surface area (Å²) in [6, 6.07) is 0.675. The summed E-state index contributed by atoms with van der Waals surface area (Å²) in [4.78, 5) is 14.6. The molecule has 0 aliphatic carbocycles. The molecule has 0 radical (unpaired) electrons. The van der Waals surface area contributed by atoms with Gasteiger partial charge >= 0.3 is 5.97 Å². The van der Waals surface area contributed by atoms with Gasteiger partial charge in [0.2, 0.25) is 0 Å². The highest BCUT2D eigenvalue weighted by Gasteiger charge is 2.33. The molecule has 2 rings (SSSR count). The standard InChI is InChI=1S/C21H38ClNO2/c22-15-9-6-4-2-1-3-5-7-14-21(24)25-18-19-12-11-17-23-16-10-8-13-20(19)23/h19-20H,1-18H2. The predicted octanol–water partition coefficient (Wildman–Crippen LogP) is 5.54. The highest BCUT2D eigenvalue weighted by molar-refractivity contribution is 6.17.